The number of hydrogen-bond acceptors (Lipinski definition) is 11. The van der Waals surface area contributed by atoms with Crippen LogP contribution < -0.4 is 10.6 Å². The molecule has 3 aliphatic heterocycles. The Labute approximate surface area is 604 Å². The number of para-hydroxylation sites is 1. The van der Waals surface area contributed by atoms with Gasteiger partial charge in [-0.3, -0.25) is 24.5 Å². The third kappa shape index (κ3) is 20.7. The van der Waals surface area contributed by atoms with Crippen molar-refractivity contribution in [3.8, 4) is 11.1 Å². The quantitative estimate of drug-likeness (QED) is 0.0394. The summed E-state index contributed by atoms with van der Waals surface area (Å²) in [6.07, 6.45) is -4.03. The van der Waals surface area contributed by atoms with Crippen LogP contribution in [0.4, 0.5) is 46.9 Å². The van der Waals surface area contributed by atoms with Crippen LogP contribution in [-0.2, 0) is 53.6 Å². The lowest BCUT2D eigenvalue weighted by atomic mass is 9.72. The molecule has 6 aromatic rings. The highest BCUT2D eigenvalue weighted by atomic mass is 35.5. The third-order valence-electron chi connectivity index (χ3n) is 19.8. The summed E-state index contributed by atoms with van der Waals surface area (Å²) < 4.78 is 116. The van der Waals surface area contributed by atoms with Gasteiger partial charge in [-0.05, 0) is 160 Å². The predicted molar refractivity (Wildman–Crippen MR) is 382 cm³/mol. The molecule has 5 amide bonds. The van der Waals surface area contributed by atoms with E-state index >= 15 is 0 Å². The van der Waals surface area contributed by atoms with Gasteiger partial charge in [0, 0.05) is 108 Å². The van der Waals surface area contributed by atoms with E-state index in [1.165, 1.54) is 24.3 Å². The minimum Gasteiger partial charge on any atom is -0.446 e. The molecule has 6 aromatic carbocycles. The average molecular weight is 1470 g/mol. The van der Waals surface area contributed by atoms with E-state index in [1.807, 2.05) is 98.9 Å². The Morgan fingerprint density at radius 2 is 1.30 bits per heavy atom. The number of nitrogens with one attached hydrogen (secondary N) is 2. The van der Waals surface area contributed by atoms with Crippen molar-refractivity contribution < 1.29 is 68.9 Å². The van der Waals surface area contributed by atoms with E-state index in [9.17, 15) is 54.7 Å². The highest BCUT2D eigenvalue weighted by Crippen LogP contribution is 2.49. The van der Waals surface area contributed by atoms with Gasteiger partial charge in [0.2, 0.25) is 11.8 Å². The SMILES string of the molecule is Cc1cc(NCCCCCC(=O)N(C)CCN2CCC(OC(=O)Nc3ccccc3-c3ccccc3)CC2)ccc1C(=O)N(C)CCCN(C)C(=O)CO[C@H]1Cc2ccccc2C12CCN(CC[C@@]1(c3ccc(F)cc3)CN(C(=O)c3cc(C(F)(F)F)cc(C(F)(F)F)c3)CO1)CC2.Cl.Cl.Cl. The number of ether oxygens (including phenoxy) is 3. The van der Waals surface area contributed by atoms with E-state index in [0.717, 1.165) is 90.1 Å². The molecule has 3 fully saturated rings. The molecule has 3 heterocycles. The van der Waals surface area contributed by atoms with E-state index in [0.29, 0.717) is 107 Å². The third-order valence-corrected chi connectivity index (χ3v) is 19.8. The molecule has 1 aliphatic carbocycles. The lowest BCUT2D eigenvalue weighted by molar-refractivity contribution is -0.143. The molecular formula is C75H90Cl3F7N8O8. The molecule has 0 radical (unpaired) electrons. The monoisotopic (exact) mass is 1470 g/mol. The lowest BCUT2D eigenvalue weighted by Gasteiger charge is -2.44. The molecule has 0 saturated carbocycles. The smallest absolute Gasteiger partial charge is 0.416 e. The number of aryl methyl sites for hydroxylation is 1. The predicted octanol–water partition coefficient (Wildman–Crippen LogP) is 14.6. The molecule has 10 rings (SSSR count). The number of likely N-dealkylation sites (N-methyl/N-ethyl adjacent to an activating group) is 2. The first-order chi connectivity index (χ1) is 46.9. The highest BCUT2D eigenvalue weighted by molar-refractivity contribution is 5.96. The number of amides is 5. The normalized spacial score (nSPS) is 17.6. The summed E-state index contributed by atoms with van der Waals surface area (Å²) in [6, 6.07) is 37.7. The number of halogens is 10. The number of carbonyl (C=O) groups is 5. The number of unbranched alkanes of at least 4 members (excludes halogenated alkanes) is 2. The Bertz CT molecular complexity index is 3720. The van der Waals surface area contributed by atoms with Crippen molar-refractivity contribution in [3.05, 3.63) is 190 Å². The molecule has 0 unspecified atom stereocenters. The number of fused-ring (bicyclic) bond motifs is 2. The first-order valence-electron chi connectivity index (χ1n) is 33.7. The van der Waals surface area contributed by atoms with Crippen LogP contribution in [0.5, 0.6) is 0 Å². The van der Waals surface area contributed by atoms with Gasteiger partial charge in [0.05, 0.1) is 29.5 Å². The van der Waals surface area contributed by atoms with Crippen LogP contribution in [0.15, 0.2) is 140 Å². The van der Waals surface area contributed by atoms with Crippen LogP contribution in [0, 0.1) is 12.7 Å². The Kier molecular flexibility index (Phi) is 28.9. The zero-order valence-electron chi connectivity index (χ0n) is 57.2. The number of carbonyl (C=O) groups excluding carboxylic acids is 5. The van der Waals surface area contributed by atoms with Crippen molar-refractivity contribution in [3.63, 3.8) is 0 Å². The summed E-state index contributed by atoms with van der Waals surface area (Å²) >= 11 is 0. The molecule has 1 spiro atoms. The maximum Gasteiger partial charge on any atom is 0.416 e. The van der Waals surface area contributed by atoms with E-state index < -0.39 is 64.6 Å². The van der Waals surface area contributed by atoms with Crippen molar-refractivity contribution in [2.75, 3.05) is 117 Å². The highest BCUT2D eigenvalue weighted by Gasteiger charge is 2.50. The maximum atomic E-state index is 14.3. The molecule has 26 heteroatoms. The first-order valence-corrected chi connectivity index (χ1v) is 33.7. The van der Waals surface area contributed by atoms with Crippen molar-refractivity contribution in [2.45, 2.75) is 113 Å². The van der Waals surface area contributed by atoms with E-state index in [1.54, 1.807) is 28.8 Å². The molecule has 2 N–H and O–H groups in total. The molecule has 548 valence electrons. The summed E-state index contributed by atoms with van der Waals surface area (Å²) in [6.45, 7) is 7.22. The fourth-order valence-corrected chi connectivity index (χ4v) is 14.0. The second-order valence-corrected chi connectivity index (χ2v) is 26.4. The van der Waals surface area contributed by atoms with Gasteiger partial charge in [-0.2, -0.15) is 26.3 Å². The van der Waals surface area contributed by atoms with Gasteiger partial charge in [0.15, 0.2) is 0 Å². The van der Waals surface area contributed by atoms with Gasteiger partial charge < -0.3 is 48.9 Å². The van der Waals surface area contributed by atoms with Gasteiger partial charge in [0.25, 0.3) is 11.8 Å². The van der Waals surface area contributed by atoms with E-state index in [4.69, 9.17) is 14.2 Å². The Morgan fingerprint density at radius 3 is 1.98 bits per heavy atom. The lowest BCUT2D eigenvalue weighted by Crippen LogP contribution is -2.50. The van der Waals surface area contributed by atoms with Crippen molar-refractivity contribution >= 4 is 78.3 Å². The number of rotatable bonds is 26. The van der Waals surface area contributed by atoms with Crippen molar-refractivity contribution in [1.29, 1.82) is 0 Å². The van der Waals surface area contributed by atoms with Crippen molar-refractivity contribution in [1.82, 2.24) is 29.4 Å². The number of hydrogen-bond donors (Lipinski definition) is 2. The van der Waals surface area contributed by atoms with Crippen LogP contribution in [0.1, 0.15) is 118 Å². The Hall–Kier alpha value is -7.51. The summed E-state index contributed by atoms with van der Waals surface area (Å²) in [5.41, 5.74) is 2.08. The molecule has 16 nitrogen and oxygen atoms in total. The second kappa shape index (κ2) is 36.1. The zero-order valence-corrected chi connectivity index (χ0v) is 59.7. The minimum atomic E-state index is -5.15. The zero-order chi connectivity index (χ0) is 69.8. The molecule has 101 heavy (non-hydrogen) atoms. The number of piperidine rings is 2. The van der Waals surface area contributed by atoms with Gasteiger partial charge >= 0.3 is 18.4 Å². The van der Waals surface area contributed by atoms with Crippen LogP contribution in [0.3, 0.4) is 0 Å². The fraction of sp³-hybridized carbons (Fsp3) is 0.453. The average Bonchev–Trinajstić information content (AvgIpc) is 1.62. The van der Waals surface area contributed by atoms with Gasteiger partial charge in [0.1, 0.15) is 30.9 Å². The number of benzene rings is 6. The van der Waals surface area contributed by atoms with Crippen LogP contribution in [0.2, 0.25) is 0 Å². The van der Waals surface area contributed by atoms with Gasteiger partial charge in [-0.1, -0.05) is 91.3 Å². The first kappa shape index (κ1) is 80.8. The van der Waals surface area contributed by atoms with Gasteiger partial charge in [-0.15, -0.1) is 37.2 Å². The number of nitrogens with zero attached hydrogens (tertiary/aromatic N) is 6. The Balaban J connectivity index is 0.00000477. The summed E-state index contributed by atoms with van der Waals surface area (Å²) in [4.78, 5) is 77.7. The topological polar surface area (TPSA) is 157 Å². The van der Waals surface area contributed by atoms with Gasteiger partial charge in [-0.25, -0.2) is 9.18 Å². The van der Waals surface area contributed by atoms with E-state index in [2.05, 4.69) is 32.6 Å². The summed E-state index contributed by atoms with van der Waals surface area (Å²) in [7, 11) is 5.32. The molecule has 3 saturated heterocycles. The molecule has 2 atom stereocenters. The molecular weight excluding hydrogens is 1380 g/mol. The van der Waals surface area contributed by atoms with Crippen LogP contribution >= 0.6 is 37.2 Å². The molecule has 0 aromatic heterocycles. The molecule has 4 aliphatic rings. The standard InChI is InChI=1S/C75H87F7N8O8.3ClH/c1-52-44-60(83-34-14-6-9-22-67(91)86(3)42-43-88-37-29-61(30-38-88)98-71(95)84-65-21-13-11-19-63(65)53-16-7-5-8-17-53)27-28-62(52)70(94)87(4)36-15-35-85(2)68(92)49-96-66-47-54-18-10-12-20-64(54)72(66)31-39-89(40-32-72)41-33-73(56-23-25-59(76)26-24-56)50-90(51-97-73)69(93)55-45-57(74(77,78)79)48-58(46-55)75(80,81)82;;;/h5,7-8,10-13,16-21,23-28,44-46,48,61,66,83H,6,9,14-15,22,29-43,47,49-51H2,1-4H3,(H,84,95);3*1H/t66-,73-;;;/m0.../s1. The van der Waals surface area contributed by atoms with Crippen molar-refractivity contribution in [2.24, 2.45) is 0 Å². The van der Waals surface area contributed by atoms with Crippen LogP contribution in [0.25, 0.3) is 11.1 Å². The fourth-order valence-electron chi connectivity index (χ4n) is 14.0. The molecule has 0 bridgehead atoms. The summed E-state index contributed by atoms with van der Waals surface area (Å²) in [5.74, 6) is -1.81. The minimum absolute atomic E-state index is 0. The largest absolute Gasteiger partial charge is 0.446 e. The second-order valence-electron chi connectivity index (χ2n) is 26.4. The summed E-state index contributed by atoms with van der Waals surface area (Å²) in [5, 5.41) is 6.39. The maximum absolute atomic E-state index is 14.3. The van der Waals surface area contributed by atoms with E-state index in [-0.39, 0.29) is 92.8 Å². The number of likely N-dealkylation sites (tertiary alicyclic amines) is 2. The van der Waals surface area contributed by atoms with Crippen LogP contribution in [-0.4, -0.2) is 178 Å². The Morgan fingerprint density at radius 1 is 0.663 bits per heavy atom. The number of alkyl halides is 6. The number of anilines is 2.